The van der Waals surface area contributed by atoms with Crippen molar-refractivity contribution in [1.29, 1.82) is 0 Å². The Balaban J connectivity index is 2.06. The number of nitrogens with one attached hydrogen (secondary N) is 2. The van der Waals surface area contributed by atoms with Gasteiger partial charge in [-0.15, -0.1) is 0 Å². The van der Waals surface area contributed by atoms with Crippen molar-refractivity contribution in [2.24, 2.45) is 11.7 Å². The van der Waals surface area contributed by atoms with Crippen molar-refractivity contribution >= 4 is 17.5 Å². The monoisotopic (exact) mass is 261 g/mol. The zero-order valence-electron chi connectivity index (χ0n) is 11.0. The maximum atomic E-state index is 12.1. The summed E-state index contributed by atoms with van der Waals surface area (Å²) in [4.78, 5) is 23.2. The smallest absolute Gasteiger partial charge is 0.248 e. The van der Waals surface area contributed by atoms with Gasteiger partial charge in [0.2, 0.25) is 11.8 Å². The minimum absolute atomic E-state index is 0.0176. The summed E-state index contributed by atoms with van der Waals surface area (Å²) >= 11 is 0. The van der Waals surface area contributed by atoms with Gasteiger partial charge in [0.05, 0.1) is 5.92 Å². The highest BCUT2D eigenvalue weighted by atomic mass is 16.2. The summed E-state index contributed by atoms with van der Waals surface area (Å²) in [6, 6.07) is 5.05. The van der Waals surface area contributed by atoms with Gasteiger partial charge in [-0.05, 0) is 50.1 Å². The van der Waals surface area contributed by atoms with Gasteiger partial charge >= 0.3 is 0 Å². The summed E-state index contributed by atoms with van der Waals surface area (Å²) < 4.78 is 0. The average Bonchev–Trinajstić information content (AvgIpc) is 2.41. The van der Waals surface area contributed by atoms with E-state index in [2.05, 4.69) is 10.6 Å². The number of nitrogens with two attached hydrogens (primary N) is 1. The van der Waals surface area contributed by atoms with Crippen LogP contribution in [0.4, 0.5) is 5.69 Å². The first kappa shape index (κ1) is 13.5. The number of hydrogen-bond acceptors (Lipinski definition) is 3. The third kappa shape index (κ3) is 3.32. The van der Waals surface area contributed by atoms with Crippen LogP contribution in [0.1, 0.15) is 28.8 Å². The number of carbonyl (C=O) groups is 2. The van der Waals surface area contributed by atoms with E-state index in [0.29, 0.717) is 5.56 Å². The van der Waals surface area contributed by atoms with E-state index in [1.807, 2.05) is 6.92 Å². The molecule has 1 aliphatic heterocycles. The third-order valence-electron chi connectivity index (χ3n) is 3.44. The Morgan fingerprint density at radius 3 is 2.79 bits per heavy atom. The molecule has 4 N–H and O–H groups in total. The normalized spacial score (nSPS) is 18.9. The van der Waals surface area contributed by atoms with E-state index >= 15 is 0 Å². The van der Waals surface area contributed by atoms with Crippen LogP contribution in [-0.2, 0) is 4.79 Å². The zero-order chi connectivity index (χ0) is 13.8. The molecule has 1 atom stereocenters. The summed E-state index contributed by atoms with van der Waals surface area (Å²) in [6.45, 7) is 3.56. The molecule has 0 aliphatic carbocycles. The molecule has 1 aromatic rings. The lowest BCUT2D eigenvalue weighted by Gasteiger charge is -2.22. The molecule has 1 aliphatic rings. The van der Waals surface area contributed by atoms with Gasteiger partial charge < -0.3 is 16.4 Å². The third-order valence-corrected chi connectivity index (χ3v) is 3.44. The number of piperidine rings is 1. The van der Waals surface area contributed by atoms with Gasteiger partial charge in [-0.25, -0.2) is 0 Å². The summed E-state index contributed by atoms with van der Waals surface area (Å²) in [5.74, 6) is -0.413. The van der Waals surface area contributed by atoms with Gasteiger partial charge in [-0.3, -0.25) is 9.59 Å². The van der Waals surface area contributed by atoms with Gasteiger partial charge in [-0.2, -0.15) is 0 Å². The number of amides is 2. The Morgan fingerprint density at radius 1 is 1.42 bits per heavy atom. The van der Waals surface area contributed by atoms with Crippen LogP contribution in [0.25, 0.3) is 0 Å². The molecule has 0 bridgehead atoms. The number of rotatable bonds is 3. The number of hydrogen-bond donors (Lipinski definition) is 3. The molecule has 0 unspecified atom stereocenters. The predicted molar refractivity (Wildman–Crippen MR) is 73.9 cm³/mol. The second kappa shape index (κ2) is 5.84. The Labute approximate surface area is 112 Å². The Kier molecular flexibility index (Phi) is 4.16. The van der Waals surface area contributed by atoms with Gasteiger partial charge in [0, 0.05) is 17.8 Å². The van der Waals surface area contributed by atoms with Crippen LogP contribution in [-0.4, -0.2) is 24.9 Å². The first-order chi connectivity index (χ1) is 9.08. The van der Waals surface area contributed by atoms with Crippen LogP contribution in [0.3, 0.4) is 0 Å². The van der Waals surface area contributed by atoms with Gasteiger partial charge in [0.15, 0.2) is 0 Å². The molecule has 2 amide bonds. The molecular weight excluding hydrogens is 242 g/mol. The fraction of sp³-hybridized carbons (Fsp3) is 0.429. The maximum Gasteiger partial charge on any atom is 0.248 e. The maximum absolute atomic E-state index is 12.1. The second-order valence-corrected chi connectivity index (χ2v) is 4.93. The highest BCUT2D eigenvalue weighted by Crippen LogP contribution is 2.19. The number of benzene rings is 1. The SMILES string of the molecule is Cc1cc(C(N)=O)ccc1NC(=O)[C@H]1CCCNC1. The minimum atomic E-state index is -0.461. The van der Waals surface area contributed by atoms with E-state index in [1.54, 1.807) is 18.2 Å². The van der Waals surface area contributed by atoms with Gasteiger partial charge in [0.1, 0.15) is 0 Å². The number of aryl methyl sites for hydroxylation is 1. The molecule has 19 heavy (non-hydrogen) atoms. The molecule has 1 aromatic carbocycles. The zero-order valence-corrected chi connectivity index (χ0v) is 11.0. The molecule has 1 heterocycles. The van der Waals surface area contributed by atoms with Gasteiger partial charge in [-0.1, -0.05) is 0 Å². The molecular formula is C14H19N3O2. The van der Waals surface area contributed by atoms with Gasteiger partial charge in [0.25, 0.3) is 0 Å². The number of anilines is 1. The van der Waals surface area contributed by atoms with Crippen molar-refractivity contribution in [2.45, 2.75) is 19.8 Å². The van der Waals surface area contributed by atoms with Crippen molar-refractivity contribution in [2.75, 3.05) is 18.4 Å². The van der Waals surface area contributed by atoms with Crippen LogP contribution in [0.2, 0.25) is 0 Å². The highest BCUT2D eigenvalue weighted by molar-refractivity contribution is 5.96. The fourth-order valence-corrected chi connectivity index (χ4v) is 2.27. The summed E-state index contributed by atoms with van der Waals surface area (Å²) in [5, 5.41) is 6.13. The number of primary amides is 1. The molecule has 0 saturated carbocycles. The molecule has 0 radical (unpaired) electrons. The first-order valence-corrected chi connectivity index (χ1v) is 6.50. The van der Waals surface area contributed by atoms with Crippen molar-refractivity contribution < 1.29 is 9.59 Å². The average molecular weight is 261 g/mol. The van der Waals surface area contributed by atoms with Crippen LogP contribution in [0.5, 0.6) is 0 Å². The van der Waals surface area contributed by atoms with Crippen LogP contribution in [0, 0.1) is 12.8 Å². The van der Waals surface area contributed by atoms with Crippen LogP contribution < -0.4 is 16.4 Å². The Hall–Kier alpha value is -1.88. The fourth-order valence-electron chi connectivity index (χ4n) is 2.27. The highest BCUT2D eigenvalue weighted by Gasteiger charge is 2.21. The quantitative estimate of drug-likeness (QED) is 0.760. The largest absolute Gasteiger partial charge is 0.366 e. The topological polar surface area (TPSA) is 84.2 Å². The summed E-state index contributed by atoms with van der Waals surface area (Å²) in [5.41, 5.74) is 7.25. The molecule has 5 nitrogen and oxygen atoms in total. The van der Waals surface area contributed by atoms with Crippen molar-refractivity contribution in [1.82, 2.24) is 5.32 Å². The molecule has 1 fully saturated rings. The molecule has 0 spiro atoms. The molecule has 102 valence electrons. The van der Waals surface area contributed by atoms with E-state index in [1.165, 1.54) is 0 Å². The van der Waals surface area contributed by atoms with Crippen molar-refractivity contribution in [3.05, 3.63) is 29.3 Å². The Bertz CT molecular complexity index is 493. The van der Waals surface area contributed by atoms with Crippen molar-refractivity contribution in [3.63, 3.8) is 0 Å². The number of carbonyl (C=O) groups excluding carboxylic acids is 2. The van der Waals surface area contributed by atoms with E-state index in [4.69, 9.17) is 5.73 Å². The Morgan fingerprint density at radius 2 is 2.21 bits per heavy atom. The lowest BCUT2D eigenvalue weighted by atomic mass is 9.98. The predicted octanol–water partition coefficient (Wildman–Crippen LogP) is 1.03. The lowest BCUT2D eigenvalue weighted by molar-refractivity contribution is -0.120. The van der Waals surface area contributed by atoms with E-state index < -0.39 is 5.91 Å². The van der Waals surface area contributed by atoms with E-state index in [0.717, 1.165) is 37.2 Å². The second-order valence-electron chi connectivity index (χ2n) is 4.93. The standard InChI is InChI=1S/C14H19N3O2/c1-9-7-10(13(15)18)4-5-12(9)17-14(19)11-3-2-6-16-8-11/h4-5,7,11,16H,2-3,6,8H2,1H3,(H2,15,18)(H,17,19)/t11-/m0/s1. The van der Waals surface area contributed by atoms with Crippen molar-refractivity contribution in [3.8, 4) is 0 Å². The molecule has 1 saturated heterocycles. The minimum Gasteiger partial charge on any atom is -0.366 e. The molecule has 5 heteroatoms. The lowest BCUT2D eigenvalue weighted by Crippen LogP contribution is -2.37. The van der Waals surface area contributed by atoms with Crippen LogP contribution in [0.15, 0.2) is 18.2 Å². The molecule has 0 aromatic heterocycles. The first-order valence-electron chi connectivity index (χ1n) is 6.50. The summed E-state index contributed by atoms with van der Waals surface area (Å²) in [7, 11) is 0. The van der Waals surface area contributed by atoms with Crippen LogP contribution >= 0.6 is 0 Å². The van der Waals surface area contributed by atoms with E-state index in [-0.39, 0.29) is 11.8 Å². The van der Waals surface area contributed by atoms with E-state index in [9.17, 15) is 9.59 Å². The molecule has 2 rings (SSSR count). The summed E-state index contributed by atoms with van der Waals surface area (Å²) in [6.07, 6.45) is 1.94.